The van der Waals surface area contributed by atoms with Gasteiger partial charge in [-0.05, 0) is 34.6 Å². The Labute approximate surface area is 153 Å². The molecule has 0 bridgehead atoms. The van der Waals surface area contributed by atoms with Gasteiger partial charge in [0.25, 0.3) is 5.91 Å². The number of carbonyl (C=O) groups excluding carboxylic acids is 2. The topological polar surface area (TPSA) is 67.7 Å². The molecule has 3 heterocycles. The molecule has 3 rings (SSSR count). The van der Waals surface area contributed by atoms with Crippen molar-refractivity contribution in [2.75, 3.05) is 13.6 Å². The summed E-state index contributed by atoms with van der Waals surface area (Å²) in [5.74, 6) is -0.265. The summed E-state index contributed by atoms with van der Waals surface area (Å²) in [5.41, 5.74) is -0.320. The third-order valence-corrected chi connectivity index (χ3v) is 4.71. The van der Waals surface area contributed by atoms with Crippen molar-refractivity contribution < 1.29 is 18.7 Å². The van der Waals surface area contributed by atoms with Crippen LogP contribution in [0.5, 0.6) is 0 Å². The highest BCUT2D eigenvalue weighted by Crippen LogP contribution is 2.31. The van der Waals surface area contributed by atoms with Crippen LogP contribution in [-0.4, -0.2) is 62.5 Å². The first-order chi connectivity index (χ1) is 11.9. The van der Waals surface area contributed by atoms with Crippen LogP contribution in [0.25, 0.3) is 0 Å². The lowest BCUT2D eigenvalue weighted by Crippen LogP contribution is -2.45. The number of nitrogens with zero attached hydrogens (tertiary/aromatic N) is 4. The average Bonchev–Trinajstić information content (AvgIpc) is 2.74. The lowest BCUT2D eigenvalue weighted by molar-refractivity contribution is 0.0136. The minimum Gasteiger partial charge on any atom is -0.444 e. The average molecular weight is 366 g/mol. The molecule has 1 aromatic heterocycles. The van der Waals surface area contributed by atoms with Crippen molar-refractivity contribution in [3.63, 3.8) is 0 Å². The Morgan fingerprint density at radius 3 is 2.62 bits per heavy atom. The van der Waals surface area contributed by atoms with Crippen LogP contribution in [0.3, 0.4) is 0 Å². The molecule has 0 N–H and O–H groups in total. The van der Waals surface area contributed by atoms with Gasteiger partial charge in [0, 0.05) is 25.1 Å². The highest BCUT2D eigenvalue weighted by Gasteiger charge is 2.41. The zero-order chi connectivity index (χ0) is 19.4. The molecule has 0 radical (unpaired) electrons. The standard InChI is InChI=1S/C18H27FN4O3/c1-11-7-13-12(8-22(11)16(25)26-17(2,3)4)14-15(24)21(6)9-18(5,19)10-23(14)20-13/h11H,7-10H2,1-6H3/t11-,18?/m1/s1. The van der Waals surface area contributed by atoms with Gasteiger partial charge in [-0.25, -0.2) is 9.18 Å². The molecule has 2 aliphatic rings. The minimum atomic E-state index is -1.55. The Morgan fingerprint density at radius 1 is 1.35 bits per heavy atom. The van der Waals surface area contributed by atoms with Crippen molar-refractivity contribution in [2.24, 2.45) is 0 Å². The summed E-state index contributed by atoms with van der Waals surface area (Å²) >= 11 is 0. The van der Waals surface area contributed by atoms with E-state index in [2.05, 4.69) is 5.10 Å². The molecule has 1 unspecified atom stereocenters. The molecule has 0 saturated carbocycles. The number of hydrogen-bond donors (Lipinski definition) is 0. The predicted molar refractivity (Wildman–Crippen MR) is 93.6 cm³/mol. The normalized spacial score (nSPS) is 26.3. The van der Waals surface area contributed by atoms with Gasteiger partial charge < -0.3 is 14.5 Å². The van der Waals surface area contributed by atoms with Gasteiger partial charge >= 0.3 is 6.09 Å². The largest absolute Gasteiger partial charge is 0.444 e. The second-order valence-electron chi connectivity index (χ2n) is 8.67. The SMILES string of the molecule is C[C@@H]1Cc2nn3c(c2CN1C(=O)OC(C)(C)C)C(=O)N(C)CC(C)(F)C3. The number of amides is 2. The molecule has 2 atom stereocenters. The van der Waals surface area contributed by atoms with Crippen molar-refractivity contribution in [3.05, 3.63) is 17.0 Å². The zero-order valence-corrected chi connectivity index (χ0v) is 16.3. The fraction of sp³-hybridized carbons (Fsp3) is 0.722. The van der Waals surface area contributed by atoms with Gasteiger partial charge in [-0.1, -0.05) is 0 Å². The predicted octanol–water partition coefficient (Wildman–Crippen LogP) is 2.38. The van der Waals surface area contributed by atoms with Crippen LogP contribution < -0.4 is 0 Å². The maximum absolute atomic E-state index is 14.7. The molecular weight excluding hydrogens is 339 g/mol. The van der Waals surface area contributed by atoms with Gasteiger partial charge in [0.2, 0.25) is 0 Å². The molecule has 0 aromatic carbocycles. The van der Waals surface area contributed by atoms with E-state index in [-0.39, 0.29) is 31.6 Å². The van der Waals surface area contributed by atoms with E-state index >= 15 is 0 Å². The molecule has 0 saturated heterocycles. The quantitative estimate of drug-likeness (QED) is 0.707. The van der Waals surface area contributed by atoms with Gasteiger partial charge in [-0.15, -0.1) is 0 Å². The van der Waals surface area contributed by atoms with Crippen LogP contribution in [0.2, 0.25) is 0 Å². The number of rotatable bonds is 0. The van der Waals surface area contributed by atoms with Crippen LogP contribution in [0, 0.1) is 0 Å². The van der Waals surface area contributed by atoms with Crippen LogP contribution in [0.15, 0.2) is 0 Å². The minimum absolute atomic E-state index is 0.0101. The molecule has 0 aliphatic carbocycles. The monoisotopic (exact) mass is 366 g/mol. The molecule has 144 valence electrons. The van der Waals surface area contributed by atoms with Gasteiger partial charge in [0.1, 0.15) is 17.0 Å². The fourth-order valence-corrected chi connectivity index (χ4v) is 3.62. The van der Waals surface area contributed by atoms with E-state index in [1.165, 1.54) is 16.5 Å². The Hall–Kier alpha value is -2.12. The van der Waals surface area contributed by atoms with E-state index in [9.17, 15) is 14.0 Å². The Kier molecular flexibility index (Phi) is 4.28. The summed E-state index contributed by atoms with van der Waals surface area (Å²) < 4.78 is 21.7. The molecule has 1 aromatic rings. The van der Waals surface area contributed by atoms with Gasteiger partial charge in [0.15, 0.2) is 0 Å². The van der Waals surface area contributed by atoms with Crippen molar-refractivity contribution in [3.8, 4) is 0 Å². The number of aromatic nitrogens is 2. The second-order valence-corrected chi connectivity index (χ2v) is 8.67. The number of alkyl halides is 1. The molecule has 2 amide bonds. The Bertz CT molecular complexity index is 750. The van der Waals surface area contributed by atoms with Gasteiger partial charge in [0.05, 0.1) is 25.3 Å². The maximum Gasteiger partial charge on any atom is 0.410 e. The van der Waals surface area contributed by atoms with Gasteiger partial charge in [-0.3, -0.25) is 9.48 Å². The second kappa shape index (κ2) is 5.96. The maximum atomic E-state index is 14.7. The molecule has 7 nitrogen and oxygen atoms in total. The van der Waals surface area contributed by atoms with E-state index in [1.54, 1.807) is 11.9 Å². The number of ether oxygens (including phenoxy) is 1. The summed E-state index contributed by atoms with van der Waals surface area (Å²) in [6.45, 7) is 9.12. The third kappa shape index (κ3) is 3.41. The Balaban J connectivity index is 1.97. The summed E-state index contributed by atoms with van der Waals surface area (Å²) in [6.07, 6.45) is 0.0922. The van der Waals surface area contributed by atoms with Crippen molar-refractivity contribution in [1.29, 1.82) is 0 Å². The van der Waals surface area contributed by atoms with E-state index in [0.29, 0.717) is 17.7 Å². The lowest BCUT2D eigenvalue weighted by atomic mass is 9.99. The lowest BCUT2D eigenvalue weighted by Gasteiger charge is -2.34. The van der Waals surface area contributed by atoms with Crippen LogP contribution >= 0.6 is 0 Å². The molecule has 0 spiro atoms. The molecular formula is C18H27FN4O3. The van der Waals surface area contributed by atoms with Crippen LogP contribution in [0.4, 0.5) is 9.18 Å². The summed E-state index contributed by atoms with van der Waals surface area (Å²) in [7, 11) is 1.59. The number of halogens is 1. The van der Waals surface area contributed by atoms with E-state index in [0.717, 1.165) is 5.69 Å². The summed E-state index contributed by atoms with van der Waals surface area (Å²) in [4.78, 5) is 28.4. The van der Waals surface area contributed by atoms with Crippen molar-refractivity contribution in [1.82, 2.24) is 19.6 Å². The third-order valence-electron chi connectivity index (χ3n) is 4.71. The number of carbonyl (C=O) groups is 2. The molecule has 0 fully saturated rings. The highest BCUT2D eigenvalue weighted by atomic mass is 19.1. The van der Waals surface area contributed by atoms with Gasteiger partial charge in [-0.2, -0.15) is 5.10 Å². The molecule has 8 heteroatoms. The van der Waals surface area contributed by atoms with Crippen molar-refractivity contribution >= 4 is 12.0 Å². The number of fused-ring (bicyclic) bond motifs is 3. The van der Waals surface area contributed by atoms with Crippen molar-refractivity contribution in [2.45, 2.75) is 71.4 Å². The zero-order valence-electron chi connectivity index (χ0n) is 16.3. The van der Waals surface area contributed by atoms with E-state index in [1.807, 2.05) is 27.7 Å². The number of hydrogen-bond acceptors (Lipinski definition) is 4. The van der Waals surface area contributed by atoms with Crippen LogP contribution in [0.1, 0.15) is 56.4 Å². The summed E-state index contributed by atoms with van der Waals surface area (Å²) in [6, 6.07) is -0.110. The first-order valence-electron chi connectivity index (χ1n) is 8.90. The first kappa shape index (κ1) is 18.7. The molecule has 2 aliphatic heterocycles. The molecule has 26 heavy (non-hydrogen) atoms. The summed E-state index contributed by atoms with van der Waals surface area (Å²) in [5, 5.41) is 4.50. The van der Waals surface area contributed by atoms with Crippen LogP contribution in [-0.2, 0) is 24.2 Å². The van der Waals surface area contributed by atoms with E-state index < -0.39 is 17.4 Å². The highest BCUT2D eigenvalue weighted by molar-refractivity contribution is 5.94. The smallest absolute Gasteiger partial charge is 0.410 e. The Morgan fingerprint density at radius 2 is 2.00 bits per heavy atom. The first-order valence-corrected chi connectivity index (χ1v) is 8.90. The van der Waals surface area contributed by atoms with E-state index in [4.69, 9.17) is 4.74 Å². The fourth-order valence-electron chi connectivity index (χ4n) is 3.62.